The van der Waals surface area contributed by atoms with Gasteiger partial charge in [-0.25, -0.2) is 4.79 Å². The fraction of sp³-hybridized carbons (Fsp3) is 0.394. The SMILES string of the molecule is O=C(CCCc1ccc(NC(=O)N2Cc3ccccc3C2)cc1)N(CCCN1CCOCC1)Cc1ccccc1. The van der Waals surface area contributed by atoms with Gasteiger partial charge in [-0.15, -0.1) is 0 Å². The Bertz CT molecular complexity index is 1220. The Morgan fingerprint density at radius 2 is 1.48 bits per heavy atom. The second-order valence-electron chi connectivity index (χ2n) is 10.7. The number of benzene rings is 3. The second-order valence-corrected chi connectivity index (χ2v) is 10.7. The van der Waals surface area contributed by atoms with Crippen LogP contribution >= 0.6 is 0 Å². The molecule has 0 bridgehead atoms. The number of nitrogens with one attached hydrogen (secondary N) is 1. The smallest absolute Gasteiger partial charge is 0.322 e. The molecule has 40 heavy (non-hydrogen) atoms. The summed E-state index contributed by atoms with van der Waals surface area (Å²) in [5.74, 6) is 0.210. The van der Waals surface area contributed by atoms with E-state index in [0.29, 0.717) is 26.1 Å². The van der Waals surface area contributed by atoms with Crippen molar-refractivity contribution in [1.29, 1.82) is 0 Å². The molecule has 1 fully saturated rings. The van der Waals surface area contributed by atoms with Crippen LogP contribution in [0.25, 0.3) is 0 Å². The summed E-state index contributed by atoms with van der Waals surface area (Å²) in [6.45, 7) is 7.24. The van der Waals surface area contributed by atoms with Crippen molar-refractivity contribution < 1.29 is 14.3 Å². The molecule has 3 aromatic rings. The highest BCUT2D eigenvalue weighted by atomic mass is 16.5. The average molecular weight is 541 g/mol. The van der Waals surface area contributed by atoms with Crippen molar-refractivity contribution in [3.8, 4) is 0 Å². The Kier molecular flexibility index (Phi) is 9.82. The van der Waals surface area contributed by atoms with Gasteiger partial charge >= 0.3 is 6.03 Å². The highest BCUT2D eigenvalue weighted by molar-refractivity contribution is 5.89. The van der Waals surface area contributed by atoms with Crippen molar-refractivity contribution in [2.45, 2.75) is 45.3 Å². The number of hydrogen-bond donors (Lipinski definition) is 1. The largest absolute Gasteiger partial charge is 0.379 e. The topological polar surface area (TPSA) is 65.1 Å². The third-order valence-corrected chi connectivity index (χ3v) is 7.76. The molecule has 2 aliphatic heterocycles. The summed E-state index contributed by atoms with van der Waals surface area (Å²) < 4.78 is 5.45. The van der Waals surface area contributed by atoms with Crippen LogP contribution in [0.4, 0.5) is 10.5 Å². The molecule has 5 rings (SSSR count). The zero-order valence-corrected chi connectivity index (χ0v) is 23.3. The van der Waals surface area contributed by atoms with E-state index >= 15 is 0 Å². The standard InChI is InChI=1S/C33H40N4O3/c38-32(36(24-28-8-2-1-3-9-28)19-7-18-35-20-22-40-23-21-35)13-6-10-27-14-16-31(17-15-27)34-33(39)37-25-29-11-4-5-12-30(29)26-37/h1-5,8-9,11-12,14-17H,6-7,10,13,18-26H2,(H,34,39). The molecule has 2 heterocycles. The Morgan fingerprint density at radius 3 is 2.17 bits per heavy atom. The summed E-state index contributed by atoms with van der Waals surface area (Å²) in [5.41, 5.74) is 5.54. The summed E-state index contributed by atoms with van der Waals surface area (Å²) in [7, 11) is 0. The number of carbonyl (C=O) groups excluding carboxylic acids is 2. The molecule has 0 radical (unpaired) electrons. The van der Waals surface area contributed by atoms with Crippen LogP contribution in [-0.2, 0) is 35.6 Å². The Hall–Kier alpha value is -3.68. The first-order valence-electron chi connectivity index (χ1n) is 14.5. The number of anilines is 1. The predicted octanol–water partition coefficient (Wildman–Crippen LogP) is 5.31. The lowest BCUT2D eigenvalue weighted by Crippen LogP contribution is -2.39. The third kappa shape index (κ3) is 7.93. The highest BCUT2D eigenvalue weighted by Crippen LogP contribution is 2.23. The van der Waals surface area contributed by atoms with E-state index in [1.807, 2.05) is 64.4 Å². The summed E-state index contributed by atoms with van der Waals surface area (Å²) in [4.78, 5) is 32.2. The van der Waals surface area contributed by atoms with E-state index < -0.39 is 0 Å². The van der Waals surface area contributed by atoms with Gasteiger partial charge in [-0.05, 0) is 53.6 Å². The molecule has 2 aliphatic rings. The van der Waals surface area contributed by atoms with Crippen molar-refractivity contribution in [3.63, 3.8) is 0 Å². The lowest BCUT2D eigenvalue weighted by molar-refractivity contribution is -0.132. The first-order valence-corrected chi connectivity index (χ1v) is 14.5. The third-order valence-electron chi connectivity index (χ3n) is 7.76. The van der Waals surface area contributed by atoms with Gasteiger partial charge in [0.05, 0.1) is 13.2 Å². The minimum absolute atomic E-state index is 0.0818. The van der Waals surface area contributed by atoms with E-state index in [2.05, 4.69) is 34.5 Å². The van der Waals surface area contributed by atoms with Gasteiger partial charge in [-0.2, -0.15) is 0 Å². The minimum atomic E-state index is -0.0818. The first kappa shape index (κ1) is 27.9. The van der Waals surface area contributed by atoms with Crippen LogP contribution in [0.1, 0.15) is 41.5 Å². The van der Waals surface area contributed by atoms with Crippen LogP contribution in [0.15, 0.2) is 78.9 Å². The molecule has 7 nitrogen and oxygen atoms in total. The van der Waals surface area contributed by atoms with E-state index in [4.69, 9.17) is 4.74 Å². The maximum Gasteiger partial charge on any atom is 0.322 e. The Morgan fingerprint density at radius 1 is 0.800 bits per heavy atom. The van der Waals surface area contributed by atoms with Gasteiger partial charge in [0.15, 0.2) is 0 Å². The second kappa shape index (κ2) is 14.1. The van der Waals surface area contributed by atoms with Crippen molar-refractivity contribution in [2.75, 3.05) is 44.7 Å². The number of morpholine rings is 1. The molecule has 3 aromatic carbocycles. The van der Waals surface area contributed by atoms with Crippen LogP contribution in [0.5, 0.6) is 0 Å². The van der Waals surface area contributed by atoms with Crippen molar-refractivity contribution in [3.05, 3.63) is 101 Å². The molecule has 0 saturated carbocycles. The van der Waals surface area contributed by atoms with Crippen molar-refractivity contribution in [2.24, 2.45) is 0 Å². The molecule has 0 aromatic heterocycles. The average Bonchev–Trinajstić information content (AvgIpc) is 3.43. The fourth-order valence-electron chi connectivity index (χ4n) is 5.44. The van der Waals surface area contributed by atoms with Crippen LogP contribution in [0.2, 0.25) is 0 Å². The fourth-order valence-corrected chi connectivity index (χ4v) is 5.44. The summed E-state index contributed by atoms with van der Waals surface area (Å²) in [6.07, 6.45) is 3.12. The molecular weight excluding hydrogens is 500 g/mol. The molecular formula is C33H40N4O3. The molecule has 1 saturated heterocycles. The molecule has 3 amide bonds. The maximum absolute atomic E-state index is 13.2. The monoisotopic (exact) mass is 540 g/mol. The van der Waals surface area contributed by atoms with Crippen LogP contribution in [0, 0.1) is 0 Å². The summed E-state index contributed by atoms with van der Waals surface area (Å²) >= 11 is 0. The van der Waals surface area contributed by atoms with Gasteiger partial charge < -0.3 is 19.9 Å². The van der Waals surface area contributed by atoms with Gasteiger partial charge in [0.2, 0.25) is 5.91 Å². The number of fused-ring (bicyclic) bond motifs is 1. The van der Waals surface area contributed by atoms with Gasteiger partial charge in [0.1, 0.15) is 0 Å². The van der Waals surface area contributed by atoms with Crippen LogP contribution in [0.3, 0.4) is 0 Å². The number of hydrogen-bond acceptors (Lipinski definition) is 4. The molecule has 0 aliphatic carbocycles. The number of rotatable bonds is 11. The maximum atomic E-state index is 13.2. The number of urea groups is 1. The van der Waals surface area contributed by atoms with Gasteiger partial charge in [0.25, 0.3) is 0 Å². The predicted molar refractivity (Wildman–Crippen MR) is 158 cm³/mol. The van der Waals surface area contributed by atoms with E-state index in [9.17, 15) is 9.59 Å². The van der Waals surface area contributed by atoms with Gasteiger partial charge in [0, 0.05) is 57.9 Å². The first-order chi connectivity index (χ1) is 19.6. The Labute approximate surface area is 237 Å². The zero-order chi connectivity index (χ0) is 27.6. The van der Waals surface area contributed by atoms with E-state index in [1.54, 1.807) is 0 Å². The van der Waals surface area contributed by atoms with E-state index in [-0.39, 0.29) is 11.9 Å². The van der Waals surface area contributed by atoms with Gasteiger partial charge in [-0.1, -0.05) is 66.7 Å². The molecule has 1 N–H and O–H groups in total. The summed E-state index contributed by atoms with van der Waals surface area (Å²) in [6, 6.07) is 26.3. The Balaban J connectivity index is 1.07. The number of aryl methyl sites for hydroxylation is 1. The number of carbonyl (C=O) groups is 2. The van der Waals surface area contributed by atoms with Crippen LogP contribution in [-0.4, -0.2) is 66.0 Å². The number of ether oxygens (including phenoxy) is 1. The molecule has 0 unspecified atom stereocenters. The van der Waals surface area contributed by atoms with Crippen LogP contribution < -0.4 is 5.32 Å². The lowest BCUT2D eigenvalue weighted by atomic mass is 10.1. The molecule has 7 heteroatoms. The van der Waals surface area contributed by atoms with E-state index in [0.717, 1.165) is 69.9 Å². The molecule has 0 atom stereocenters. The lowest BCUT2D eigenvalue weighted by Gasteiger charge is -2.28. The van der Waals surface area contributed by atoms with Crippen molar-refractivity contribution in [1.82, 2.24) is 14.7 Å². The van der Waals surface area contributed by atoms with Crippen molar-refractivity contribution >= 4 is 17.6 Å². The number of nitrogens with zero attached hydrogens (tertiary/aromatic N) is 3. The minimum Gasteiger partial charge on any atom is -0.379 e. The molecule has 0 spiro atoms. The number of amides is 3. The zero-order valence-electron chi connectivity index (χ0n) is 23.3. The normalized spacial score (nSPS) is 15.1. The molecule has 210 valence electrons. The summed E-state index contributed by atoms with van der Waals surface area (Å²) in [5, 5.41) is 3.02. The van der Waals surface area contributed by atoms with E-state index in [1.165, 1.54) is 16.7 Å². The van der Waals surface area contributed by atoms with Gasteiger partial charge in [-0.3, -0.25) is 9.69 Å². The highest BCUT2D eigenvalue weighted by Gasteiger charge is 2.23. The quantitative estimate of drug-likeness (QED) is 0.358.